The molecule has 0 N–H and O–H groups in total. The predicted molar refractivity (Wildman–Crippen MR) is 97.8 cm³/mol. The van der Waals surface area contributed by atoms with E-state index in [0.29, 0.717) is 5.66 Å². The SMILES string of the molecule is CN=O.COc1ccccc1PCCP1CCC(N=O)C1C. The molecule has 22 heavy (non-hydrogen) atoms. The minimum atomic E-state index is 0.0108. The van der Waals surface area contributed by atoms with Gasteiger partial charge in [-0.2, -0.15) is 9.81 Å². The minimum Gasteiger partial charge on any atom is -0.496 e. The van der Waals surface area contributed by atoms with E-state index in [2.05, 4.69) is 29.4 Å². The summed E-state index contributed by atoms with van der Waals surface area (Å²) < 4.78 is 5.38. The summed E-state index contributed by atoms with van der Waals surface area (Å²) in [5, 5.41) is 6.83. The van der Waals surface area contributed by atoms with Gasteiger partial charge in [0.25, 0.3) is 0 Å². The van der Waals surface area contributed by atoms with Crippen molar-refractivity contribution in [3.63, 3.8) is 0 Å². The Hall–Kier alpha value is -0.920. The highest BCUT2D eigenvalue weighted by Gasteiger charge is 2.32. The molecule has 7 heteroatoms. The largest absolute Gasteiger partial charge is 0.496 e. The van der Waals surface area contributed by atoms with E-state index in [4.69, 9.17) is 9.64 Å². The van der Waals surface area contributed by atoms with E-state index in [-0.39, 0.29) is 14.0 Å². The highest BCUT2D eigenvalue weighted by molar-refractivity contribution is 7.60. The Balaban J connectivity index is 0.000000745. The molecule has 122 valence electrons. The standard InChI is InChI=1S/C14H21NO2P2.CH3NO/c1-11-12(15-16)7-9-19(11)10-8-18-14-6-4-3-5-13(14)17-2;1-2-3/h3-6,11-12,18H,7-10H2,1-2H3;1H3. The van der Waals surface area contributed by atoms with E-state index in [1.807, 2.05) is 12.1 Å². The van der Waals surface area contributed by atoms with Gasteiger partial charge in [0, 0.05) is 11.0 Å². The maximum absolute atomic E-state index is 10.7. The van der Waals surface area contributed by atoms with E-state index in [0.717, 1.165) is 20.8 Å². The molecule has 1 aliphatic heterocycles. The number of ether oxygens (including phenoxy) is 1. The van der Waals surface area contributed by atoms with Crippen LogP contribution in [0.1, 0.15) is 13.3 Å². The lowest BCUT2D eigenvalue weighted by Crippen LogP contribution is -2.12. The molecule has 2 rings (SSSR count). The van der Waals surface area contributed by atoms with Crippen molar-refractivity contribution in [2.24, 2.45) is 10.4 Å². The molecule has 1 aromatic rings. The minimum absolute atomic E-state index is 0.0108. The van der Waals surface area contributed by atoms with Crippen molar-refractivity contribution in [2.75, 3.05) is 32.6 Å². The van der Waals surface area contributed by atoms with Crippen LogP contribution in [-0.4, -0.2) is 44.3 Å². The lowest BCUT2D eigenvalue weighted by atomic mass is 10.2. The van der Waals surface area contributed by atoms with Gasteiger partial charge in [-0.05, 0) is 31.0 Å². The predicted octanol–water partition coefficient (Wildman–Crippen LogP) is 3.79. The van der Waals surface area contributed by atoms with Crippen molar-refractivity contribution < 1.29 is 4.74 Å². The number of nitrogens with zero attached hydrogens (tertiary/aromatic N) is 2. The van der Waals surface area contributed by atoms with Crippen LogP contribution in [0.4, 0.5) is 0 Å². The van der Waals surface area contributed by atoms with Crippen LogP contribution in [0.2, 0.25) is 0 Å². The molecule has 0 spiro atoms. The molecular formula is C15H24N2O3P2. The van der Waals surface area contributed by atoms with Crippen LogP contribution in [0.15, 0.2) is 34.6 Å². The fourth-order valence-electron chi connectivity index (χ4n) is 2.57. The van der Waals surface area contributed by atoms with Crippen LogP contribution in [0.25, 0.3) is 0 Å². The van der Waals surface area contributed by atoms with Gasteiger partial charge >= 0.3 is 0 Å². The molecule has 4 unspecified atom stereocenters. The van der Waals surface area contributed by atoms with Crippen LogP contribution < -0.4 is 10.0 Å². The first kappa shape index (κ1) is 19.1. The monoisotopic (exact) mass is 342 g/mol. The first-order chi connectivity index (χ1) is 10.7. The number of hydrogen-bond donors (Lipinski definition) is 0. The van der Waals surface area contributed by atoms with E-state index in [9.17, 15) is 4.91 Å². The van der Waals surface area contributed by atoms with Gasteiger partial charge in [0.05, 0.1) is 20.2 Å². The summed E-state index contributed by atoms with van der Waals surface area (Å²) in [6, 6.07) is 8.34. The summed E-state index contributed by atoms with van der Waals surface area (Å²) >= 11 is 0. The average molecular weight is 342 g/mol. The molecule has 1 aromatic carbocycles. The summed E-state index contributed by atoms with van der Waals surface area (Å²) in [5.74, 6) is 1.00. The molecule has 0 aliphatic carbocycles. The summed E-state index contributed by atoms with van der Waals surface area (Å²) in [6.07, 6.45) is 4.71. The quantitative estimate of drug-likeness (QED) is 0.583. The zero-order valence-corrected chi connectivity index (χ0v) is 15.3. The van der Waals surface area contributed by atoms with Crippen molar-refractivity contribution in [3.8, 4) is 5.75 Å². The number of para-hydroxylation sites is 1. The molecule has 1 fully saturated rings. The van der Waals surface area contributed by atoms with Crippen LogP contribution in [0, 0.1) is 9.81 Å². The third kappa shape index (κ3) is 5.70. The second-order valence-electron chi connectivity index (χ2n) is 5.05. The van der Waals surface area contributed by atoms with Crippen LogP contribution in [-0.2, 0) is 0 Å². The highest BCUT2D eigenvalue weighted by Crippen LogP contribution is 2.51. The first-order valence-corrected chi connectivity index (χ1v) is 10.3. The molecule has 1 saturated heterocycles. The van der Waals surface area contributed by atoms with Gasteiger partial charge in [-0.1, -0.05) is 44.1 Å². The molecule has 0 radical (unpaired) electrons. The molecule has 0 amide bonds. The highest BCUT2D eigenvalue weighted by atomic mass is 31.1. The first-order valence-electron chi connectivity index (χ1n) is 7.32. The Morgan fingerprint density at radius 2 is 2.05 bits per heavy atom. The fourth-order valence-corrected chi connectivity index (χ4v) is 7.33. The third-order valence-corrected chi connectivity index (χ3v) is 8.64. The average Bonchev–Trinajstić information content (AvgIpc) is 2.89. The Bertz CT molecular complexity index is 474. The van der Waals surface area contributed by atoms with Gasteiger partial charge in [-0.25, -0.2) is 0 Å². The third-order valence-electron chi connectivity index (χ3n) is 3.80. The van der Waals surface area contributed by atoms with Crippen LogP contribution in [0.3, 0.4) is 0 Å². The second-order valence-corrected chi connectivity index (χ2v) is 9.33. The lowest BCUT2D eigenvalue weighted by molar-refractivity contribution is 0.418. The topological polar surface area (TPSA) is 68.1 Å². The number of methoxy groups -OCH3 is 1. The van der Waals surface area contributed by atoms with Crippen LogP contribution >= 0.6 is 16.5 Å². The number of hydrogen-bond acceptors (Lipinski definition) is 5. The molecule has 1 heterocycles. The molecule has 0 aromatic heterocycles. The summed E-state index contributed by atoms with van der Waals surface area (Å²) in [6.45, 7) is 2.21. The summed E-state index contributed by atoms with van der Waals surface area (Å²) in [7, 11) is 3.74. The molecule has 0 bridgehead atoms. The van der Waals surface area contributed by atoms with Crippen molar-refractivity contribution in [2.45, 2.75) is 25.0 Å². The van der Waals surface area contributed by atoms with Gasteiger partial charge in [-0.15, -0.1) is 7.92 Å². The summed E-state index contributed by atoms with van der Waals surface area (Å²) in [5.41, 5.74) is 0.523. The Morgan fingerprint density at radius 1 is 1.36 bits per heavy atom. The van der Waals surface area contributed by atoms with E-state index >= 15 is 0 Å². The molecule has 5 nitrogen and oxygen atoms in total. The van der Waals surface area contributed by atoms with Crippen molar-refractivity contribution in [1.82, 2.24) is 0 Å². The molecule has 4 atom stereocenters. The number of nitroso groups, excluding NO2 is 2. The van der Waals surface area contributed by atoms with Crippen LogP contribution in [0.5, 0.6) is 5.75 Å². The molecular weight excluding hydrogens is 318 g/mol. The zero-order chi connectivity index (χ0) is 16.4. The fraction of sp³-hybridized carbons (Fsp3) is 0.600. The maximum atomic E-state index is 10.7. The maximum Gasteiger partial charge on any atom is 0.126 e. The van der Waals surface area contributed by atoms with E-state index in [1.165, 1.54) is 30.8 Å². The number of benzene rings is 1. The second kappa shape index (κ2) is 10.7. The van der Waals surface area contributed by atoms with Crippen molar-refractivity contribution in [3.05, 3.63) is 34.1 Å². The number of rotatable bonds is 6. The normalized spacial score (nSPS) is 23.9. The van der Waals surface area contributed by atoms with E-state index < -0.39 is 0 Å². The van der Waals surface area contributed by atoms with Gasteiger partial charge in [0.1, 0.15) is 5.75 Å². The smallest absolute Gasteiger partial charge is 0.126 e. The van der Waals surface area contributed by atoms with Gasteiger partial charge in [-0.3, -0.25) is 0 Å². The zero-order valence-electron chi connectivity index (χ0n) is 13.4. The molecule has 1 aliphatic rings. The Kier molecular flexibility index (Phi) is 9.34. The van der Waals surface area contributed by atoms with Crippen molar-refractivity contribution >= 4 is 21.8 Å². The van der Waals surface area contributed by atoms with Gasteiger partial charge < -0.3 is 4.74 Å². The Morgan fingerprint density at radius 3 is 2.64 bits per heavy atom. The lowest BCUT2D eigenvalue weighted by Gasteiger charge is -2.17. The van der Waals surface area contributed by atoms with E-state index in [1.54, 1.807) is 7.11 Å². The van der Waals surface area contributed by atoms with Gasteiger partial charge in [0.2, 0.25) is 0 Å². The molecule has 0 saturated carbocycles. The van der Waals surface area contributed by atoms with Gasteiger partial charge in [0.15, 0.2) is 0 Å². The summed E-state index contributed by atoms with van der Waals surface area (Å²) in [4.78, 5) is 19.2. The van der Waals surface area contributed by atoms with Crippen molar-refractivity contribution in [1.29, 1.82) is 0 Å². The Labute approximate surface area is 135 Å².